The van der Waals surface area contributed by atoms with Crippen molar-refractivity contribution in [3.63, 3.8) is 0 Å². The molecule has 0 radical (unpaired) electrons. The van der Waals surface area contributed by atoms with Crippen LogP contribution in [0.25, 0.3) is 16.7 Å². The normalized spacial score (nSPS) is 11.1. The van der Waals surface area contributed by atoms with Crippen LogP contribution in [0.15, 0.2) is 46.9 Å². The first-order valence-corrected chi connectivity index (χ1v) is 7.01. The summed E-state index contributed by atoms with van der Waals surface area (Å²) in [6, 6.07) is 14.4. The van der Waals surface area contributed by atoms with Gasteiger partial charge in [-0.05, 0) is 42.3 Å². The number of halogens is 1. The number of aromatic nitrogens is 2. The van der Waals surface area contributed by atoms with E-state index in [0.717, 1.165) is 27.6 Å². The van der Waals surface area contributed by atoms with Crippen molar-refractivity contribution >= 4 is 32.9 Å². The average molecular weight is 316 g/mol. The molecule has 0 bridgehead atoms. The maximum absolute atomic E-state index is 6.06. The van der Waals surface area contributed by atoms with E-state index in [2.05, 4.69) is 52.1 Å². The molecule has 0 amide bonds. The SMILES string of the molecule is CCc1cccc(-n2c(N)nc3cc(Br)ccc32)c1. The molecule has 0 aliphatic rings. The van der Waals surface area contributed by atoms with E-state index in [9.17, 15) is 0 Å². The molecule has 0 aliphatic heterocycles. The summed E-state index contributed by atoms with van der Waals surface area (Å²) in [6.45, 7) is 2.14. The van der Waals surface area contributed by atoms with E-state index in [-0.39, 0.29) is 0 Å². The molecule has 3 rings (SSSR count). The molecule has 0 saturated heterocycles. The fourth-order valence-corrected chi connectivity index (χ4v) is 2.61. The number of hydrogen-bond acceptors (Lipinski definition) is 2. The molecule has 4 heteroatoms. The Bertz CT molecular complexity index is 746. The largest absolute Gasteiger partial charge is 0.369 e. The fraction of sp³-hybridized carbons (Fsp3) is 0.133. The zero-order valence-electron chi connectivity index (χ0n) is 10.6. The highest BCUT2D eigenvalue weighted by molar-refractivity contribution is 9.10. The molecule has 0 unspecified atom stereocenters. The fourth-order valence-electron chi connectivity index (χ4n) is 2.26. The van der Waals surface area contributed by atoms with Gasteiger partial charge >= 0.3 is 0 Å². The second-order valence-corrected chi connectivity index (χ2v) is 5.38. The second kappa shape index (κ2) is 4.70. The van der Waals surface area contributed by atoms with Crippen molar-refractivity contribution in [2.75, 3.05) is 5.73 Å². The highest BCUT2D eigenvalue weighted by Crippen LogP contribution is 2.26. The van der Waals surface area contributed by atoms with Crippen LogP contribution in [0.5, 0.6) is 0 Å². The lowest BCUT2D eigenvalue weighted by molar-refractivity contribution is 1.08. The third-order valence-electron chi connectivity index (χ3n) is 3.22. The molecule has 3 aromatic rings. The highest BCUT2D eigenvalue weighted by atomic mass is 79.9. The minimum atomic E-state index is 0.515. The molecule has 1 heterocycles. The zero-order chi connectivity index (χ0) is 13.4. The van der Waals surface area contributed by atoms with Crippen molar-refractivity contribution in [2.24, 2.45) is 0 Å². The number of benzene rings is 2. The lowest BCUT2D eigenvalue weighted by Crippen LogP contribution is -2.01. The number of imidazole rings is 1. The van der Waals surface area contributed by atoms with Gasteiger partial charge in [0.2, 0.25) is 5.95 Å². The number of hydrogen-bond donors (Lipinski definition) is 1. The van der Waals surface area contributed by atoms with Crippen LogP contribution < -0.4 is 5.73 Å². The first-order chi connectivity index (χ1) is 9.19. The summed E-state index contributed by atoms with van der Waals surface area (Å²) in [5.74, 6) is 0.515. The first-order valence-electron chi connectivity index (χ1n) is 6.22. The van der Waals surface area contributed by atoms with E-state index in [1.165, 1.54) is 5.56 Å². The Morgan fingerprint density at radius 3 is 2.84 bits per heavy atom. The van der Waals surface area contributed by atoms with Crippen LogP contribution >= 0.6 is 15.9 Å². The Balaban J connectivity index is 2.26. The van der Waals surface area contributed by atoms with Crippen molar-refractivity contribution in [3.05, 3.63) is 52.5 Å². The number of fused-ring (bicyclic) bond motifs is 1. The minimum absolute atomic E-state index is 0.515. The van der Waals surface area contributed by atoms with Crippen molar-refractivity contribution in [1.82, 2.24) is 9.55 Å². The Morgan fingerprint density at radius 2 is 2.05 bits per heavy atom. The molecule has 2 N–H and O–H groups in total. The van der Waals surface area contributed by atoms with Crippen molar-refractivity contribution in [3.8, 4) is 5.69 Å². The molecule has 0 spiro atoms. The standard InChI is InChI=1S/C15H14BrN3/c1-2-10-4-3-5-12(8-10)19-14-7-6-11(16)9-13(14)18-15(19)17/h3-9H,2H2,1H3,(H2,17,18). The summed E-state index contributed by atoms with van der Waals surface area (Å²) < 4.78 is 2.99. The second-order valence-electron chi connectivity index (χ2n) is 4.46. The molecule has 1 aromatic heterocycles. The molecular weight excluding hydrogens is 302 g/mol. The summed E-state index contributed by atoms with van der Waals surface area (Å²) in [5.41, 5.74) is 10.3. The number of nitrogen functional groups attached to an aromatic ring is 1. The number of anilines is 1. The van der Waals surface area contributed by atoms with Crippen molar-refractivity contribution < 1.29 is 0 Å². The summed E-state index contributed by atoms with van der Waals surface area (Å²) in [5, 5.41) is 0. The van der Waals surface area contributed by atoms with E-state index in [1.54, 1.807) is 0 Å². The molecular formula is C15H14BrN3. The van der Waals surface area contributed by atoms with Crippen LogP contribution in [0.1, 0.15) is 12.5 Å². The lowest BCUT2D eigenvalue weighted by Gasteiger charge is -2.08. The number of rotatable bonds is 2. The minimum Gasteiger partial charge on any atom is -0.369 e. The van der Waals surface area contributed by atoms with Gasteiger partial charge in [-0.2, -0.15) is 0 Å². The summed E-state index contributed by atoms with van der Waals surface area (Å²) >= 11 is 3.46. The van der Waals surface area contributed by atoms with Gasteiger partial charge in [0.15, 0.2) is 0 Å². The van der Waals surface area contributed by atoms with Crippen molar-refractivity contribution in [2.45, 2.75) is 13.3 Å². The van der Waals surface area contributed by atoms with Gasteiger partial charge in [-0.1, -0.05) is 35.0 Å². The number of nitrogens with zero attached hydrogens (tertiary/aromatic N) is 2. The van der Waals surface area contributed by atoms with E-state index in [4.69, 9.17) is 5.73 Å². The number of nitrogens with two attached hydrogens (primary N) is 1. The van der Waals surface area contributed by atoms with Crippen molar-refractivity contribution in [1.29, 1.82) is 0 Å². The van der Waals surface area contributed by atoms with Crippen LogP contribution in [0.4, 0.5) is 5.95 Å². The predicted molar refractivity (Wildman–Crippen MR) is 82.6 cm³/mol. The first kappa shape index (κ1) is 12.2. The summed E-state index contributed by atoms with van der Waals surface area (Å²) in [6.07, 6.45) is 1.01. The molecule has 0 aliphatic carbocycles. The van der Waals surface area contributed by atoms with E-state index in [1.807, 2.05) is 22.8 Å². The van der Waals surface area contributed by atoms with Crippen LogP contribution in [-0.4, -0.2) is 9.55 Å². The monoisotopic (exact) mass is 315 g/mol. The molecule has 3 nitrogen and oxygen atoms in total. The Hall–Kier alpha value is -1.81. The predicted octanol–water partition coefficient (Wildman–Crippen LogP) is 3.93. The van der Waals surface area contributed by atoms with Gasteiger partial charge in [-0.15, -0.1) is 0 Å². The third-order valence-corrected chi connectivity index (χ3v) is 3.71. The lowest BCUT2D eigenvalue weighted by atomic mass is 10.1. The molecule has 19 heavy (non-hydrogen) atoms. The molecule has 96 valence electrons. The zero-order valence-corrected chi connectivity index (χ0v) is 12.2. The molecule has 0 saturated carbocycles. The van der Waals surface area contributed by atoms with Gasteiger partial charge in [-0.3, -0.25) is 4.57 Å². The van der Waals surface area contributed by atoms with Crippen LogP contribution in [0, 0.1) is 0 Å². The maximum atomic E-state index is 6.06. The smallest absolute Gasteiger partial charge is 0.205 e. The van der Waals surface area contributed by atoms with Gasteiger partial charge in [-0.25, -0.2) is 4.98 Å². The summed E-state index contributed by atoms with van der Waals surface area (Å²) in [7, 11) is 0. The molecule has 0 fully saturated rings. The van der Waals surface area contributed by atoms with Crippen LogP contribution in [-0.2, 0) is 6.42 Å². The van der Waals surface area contributed by atoms with Gasteiger partial charge in [0.25, 0.3) is 0 Å². The van der Waals surface area contributed by atoms with E-state index < -0.39 is 0 Å². The molecule has 0 atom stereocenters. The van der Waals surface area contributed by atoms with E-state index in [0.29, 0.717) is 5.95 Å². The average Bonchev–Trinajstić information content (AvgIpc) is 2.73. The Labute approximate surface area is 120 Å². The van der Waals surface area contributed by atoms with Crippen LogP contribution in [0.2, 0.25) is 0 Å². The topological polar surface area (TPSA) is 43.8 Å². The van der Waals surface area contributed by atoms with Crippen LogP contribution in [0.3, 0.4) is 0 Å². The maximum Gasteiger partial charge on any atom is 0.205 e. The molecule has 2 aromatic carbocycles. The quantitative estimate of drug-likeness (QED) is 0.778. The Morgan fingerprint density at radius 1 is 1.21 bits per heavy atom. The van der Waals surface area contributed by atoms with Gasteiger partial charge in [0.1, 0.15) is 0 Å². The number of aryl methyl sites for hydroxylation is 1. The van der Waals surface area contributed by atoms with E-state index >= 15 is 0 Å². The van der Waals surface area contributed by atoms with Gasteiger partial charge in [0, 0.05) is 10.2 Å². The van der Waals surface area contributed by atoms with Gasteiger partial charge in [0.05, 0.1) is 11.0 Å². The highest BCUT2D eigenvalue weighted by Gasteiger charge is 2.10. The Kier molecular flexibility index (Phi) is 3.03. The summed E-state index contributed by atoms with van der Waals surface area (Å²) in [4.78, 5) is 4.42. The van der Waals surface area contributed by atoms with Gasteiger partial charge < -0.3 is 5.73 Å². The third kappa shape index (κ3) is 2.12.